The minimum atomic E-state index is -0.789. The van der Waals surface area contributed by atoms with E-state index in [2.05, 4.69) is 17.6 Å². The van der Waals surface area contributed by atoms with Crippen molar-refractivity contribution >= 4 is 0 Å². The smallest absolute Gasteiger partial charge is 0.163 e. The lowest BCUT2D eigenvalue weighted by molar-refractivity contribution is 0.492. The van der Waals surface area contributed by atoms with Crippen molar-refractivity contribution < 1.29 is 8.78 Å². The van der Waals surface area contributed by atoms with Gasteiger partial charge in [-0.15, -0.1) is 0 Å². The zero-order chi connectivity index (χ0) is 11.8. The molecule has 2 N–H and O–H groups in total. The van der Waals surface area contributed by atoms with Crippen LogP contribution in [-0.2, 0) is 6.54 Å². The van der Waals surface area contributed by atoms with Gasteiger partial charge in [-0.25, -0.2) is 8.78 Å². The average Bonchev–Trinajstić information content (AvgIpc) is 2.29. The Morgan fingerprint density at radius 2 is 1.81 bits per heavy atom. The Bertz CT molecular complexity index is 316. The van der Waals surface area contributed by atoms with Crippen LogP contribution in [-0.4, -0.2) is 19.6 Å². The van der Waals surface area contributed by atoms with E-state index < -0.39 is 11.6 Å². The molecule has 0 saturated carbocycles. The molecule has 0 aliphatic rings. The van der Waals surface area contributed by atoms with Gasteiger partial charge in [0.1, 0.15) is 0 Å². The van der Waals surface area contributed by atoms with Crippen LogP contribution in [0, 0.1) is 11.6 Å². The predicted molar refractivity (Wildman–Crippen MR) is 61.2 cm³/mol. The Hall–Kier alpha value is -1.00. The number of halogens is 2. The van der Waals surface area contributed by atoms with Gasteiger partial charge in [-0.2, -0.15) is 0 Å². The zero-order valence-electron chi connectivity index (χ0n) is 9.52. The van der Waals surface area contributed by atoms with Crippen molar-refractivity contribution in [3.63, 3.8) is 0 Å². The second kappa shape index (κ2) is 7.30. The molecule has 0 aliphatic heterocycles. The number of benzene rings is 1. The Labute approximate surface area is 95.1 Å². The van der Waals surface area contributed by atoms with Crippen LogP contribution in [0.2, 0.25) is 0 Å². The summed E-state index contributed by atoms with van der Waals surface area (Å²) in [5.74, 6) is -1.54. The maximum absolute atomic E-state index is 13.2. The molecule has 2 nitrogen and oxygen atoms in total. The monoisotopic (exact) mass is 228 g/mol. The standard InChI is InChI=1S/C12H18F2N2/c1-2-6-15-7-8-16-9-10-4-3-5-11(13)12(10)14/h3-5,15-16H,2,6-9H2,1H3. The van der Waals surface area contributed by atoms with E-state index >= 15 is 0 Å². The van der Waals surface area contributed by atoms with E-state index in [-0.39, 0.29) is 0 Å². The molecule has 0 radical (unpaired) electrons. The van der Waals surface area contributed by atoms with Crippen molar-refractivity contribution in [2.45, 2.75) is 19.9 Å². The molecule has 1 aromatic rings. The first-order chi connectivity index (χ1) is 7.75. The second-order valence-electron chi connectivity index (χ2n) is 3.64. The van der Waals surface area contributed by atoms with Crippen molar-refractivity contribution in [1.29, 1.82) is 0 Å². The highest BCUT2D eigenvalue weighted by Crippen LogP contribution is 2.10. The first-order valence-corrected chi connectivity index (χ1v) is 5.60. The molecule has 0 bridgehead atoms. The van der Waals surface area contributed by atoms with Gasteiger partial charge in [0.05, 0.1) is 0 Å². The summed E-state index contributed by atoms with van der Waals surface area (Å²) in [7, 11) is 0. The molecule has 1 rings (SSSR count). The highest BCUT2D eigenvalue weighted by Gasteiger charge is 2.05. The van der Waals surface area contributed by atoms with Crippen molar-refractivity contribution in [1.82, 2.24) is 10.6 Å². The fraction of sp³-hybridized carbons (Fsp3) is 0.500. The molecule has 0 aromatic heterocycles. The minimum absolute atomic E-state index is 0.359. The number of rotatable bonds is 7. The third kappa shape index (κ3) is 4.24. The first kappa shape index (κ1) is 13.1. The molecule has 0 heterocycles. The van der Waals surface area contributed by atoms with Crippen LogP contribution in [0.15, 0.2) is 18.2 Å². The van der Waals surface area contributed by atoms with Gasteiger partial charge in [0, 0.05) is 25.2 Å². The van der Waals surface area contributed by atoms with Crippen LogP contribution in [0.3, 0.4) is 0 Å². The highest BCUT2D eigenvalue weighted by molar-refractivity contribution is 5.18. The van der Waals surface area contributed by atoms with Crippen molar-refractivity contribution in [2.75, 3.05) is 19.6 Å². The van der Waals surface area contributed by atoms with Gasteiger partial charge < -0.3 is 10.6 Å². The summed E-state index contributed by atoms with van der Waals surface area (Å²) < 4.78 is 26.0. The molecule has 0 fully saturated rings. The van der Waals surface area contributed by atoms with Crippen molar-refractivity contribution in [3.05, 3.63) is 35.4 Å². The maximum atomic E-state index is 13.2. The van der Waals surface area contributed by atoms with Crippen LogP contribution in [0.1, 0.15) is 18.9 Å². The molecule has 0 spiro atoms. The summed E-state index contributed by atoms with van der Waals surface area (Å²) in [6.45, 7) is 5.02. The molecular formula is C12H18F2N2. The van der Waals surface area contributed by atoms with Gasteiger partial charge in [0.15, 0.2) is 11.6 Å². The Morgan fingerprint density at radius 1 is 1.06 bits per heavy atom. The normalized spacial score (nSPS) is 10.7. The van der Waals surface area contributed by atoms with Crippen LogP contribution < -0.4 is 10.6 Å². The number of hydrogen-bond acceptors (Lipinski definition) is 2. The molecular weight excluding hydrogens is 210 g/mol. The van der Waals surface area contributed by atoms with E-state index in [1.807, 2.05) is 0 Å². The third-order valence-electron chi connectivity index (χ3n) is 2.25. The molecule has 4 heteroatoms. The number of nitrogens with one attached hydrogen (secondary N) is 2. The van der Waals surface area contributed by atoms with E-state index in [4.69, 9.17) is 0 Å². The second-order valence-corrected chi connectivity index (χ2v) is 3.64. The van der Waals surface area contributed by atoms with Crippen LogP contribution >= 0.6 is 0 Å². The maximum Gasteiger partial charge on any atom is 0.163 e. The van der Waals surface area contributed by atoms with Crippen LogP contribution in [0.25, 0.3) is 0 Å². The van der Waals surface area contributed by atoms with Gasteiger partial charge in [0.2, 0.25) is 0 Å². The minimum Gasteiger partial charge on any atom is -0.315 e. The van der Waals surface area contributed by atoms with Crippen molar-refractivity contribution in [3.8, 4) is 0 Å². The van der Waals surface area contributed by atoms with Gasteiger partial charge in [-0.1, -0.05) is 19.1 Å². The highest BCUT2D eigenvalue weighted by atomic mass is 19.2. The summed E-state index contributed by atoms with van der Waals surface area (Å²) in [5, 5.41) is 6.28. The zero-order valence-corrected chi connectivity index (χ0v) is 9.52. The van der Waals surface area contributed by atoms with E-state index in [0.29, 0.717) is 12.1 Å². The SMILES string of the molecule is CCCNCCNCc1cccc(F)c1F. The topological polar surface area (TPSA) is 24.1 Å². The van der Waals surface area contributed by atoms with Gasteiger partial charge in [-0.05, 0) is 19.0 Å². The summed E-state index contributed by atoms with van der Waals surface area (Å²) in [4.78, 5) is 0. The van der Waals surface area contributed by atoms with Gasteiger partial charge in [-0.3, -0.25) is 0 Å². The summed E-state index contributed by atoms with van der Waals surface area (Å²) in [6.07, 6.45) is 1.10. The molecule has 0 saturated heterocycles. The first-order valence-electron chi connectivity index (χ1n) is 5.60. The van der Waals surface area contributed by atoms with Gasteiger partial charge in [0.25, 0.3) is 0 Å². The summed E-state index contributed by atoms with van der Waals surface area (Å²) >= 11 is 0. The van der Waals surface area contributed by atoms with E-state index in [0.717, 1.165) is 32.1 Å². The quantitative estimate of drug-likeness (QED) is 0.698. The number of hydrogen-bond donors (Lipinski definition) is 2. The molecule has 0 aliphatic carbocycles. The molecule has 0 unspecified atom stereocenters. The van der Waals surface area contributed by atoms with E-state index in [1.54, 1.807) is 6.07 Å². The molecule has 90 valence electrons. The fourth-order valence-corrected chi connectivity index (χ4v) is 1.39. The van der Waals surface area contributed by atoms with Crippen LogP contribution in [0.5, 0.6) is 0 Å². The average molecular weight is 228 g/mol. The molecule has 0 atom stereocenters. The van der Waals surface area contributed by atoms with E-state index in [9.17, 15) is 8.78 Å². The third-order valence-corrected chi connectivity index (χ3v) is 2.25. The Kier molecular flexibility index (Phi) is 5.96. The van der Waals surface area contributed by atoms with Crippen LogP contribution in [0.4, 0.5) is 8.78 Å². The largest absolute Gasteiger partial charge is 0.315 e. The molecule has 0 amide bonds. The Morgan fingerprint density at radius 3 is 2.56 bits per heavy atom. The predicted octanol–water partition coefficient (Wildman–Crippen LogP) is 2.05. The lowest BCUT2D eigenvalue weighted by Gasteiger charge is -2.07. The van der Waals surface area contributed by atoms with E-state index in [1.165, 1.54) is 6.07 Å². The molecule has 1 aromatic carbocycles. The van der Waals surface area contributed by atoms with Crippen molar-refractivity contribution in [2.24, 2.45) is 0 Å². The lowest BCUT2D eigenvalue weighted by Crippen LogP contribution is -2.27. The summed E-state index contributed by atoms with van der Waals surface area (Å²) in [6, 6.07) is 4.23. The molecule has 16 heavy (non-hydrogen) atoms. The van der Waals surface area contributed by atoms with Gasteiger partial charge >= 0.3 is 0 Å². The summed E-state index contributed by atoms with van der Waals surface area (Å²) in [5.41, 5.74) is 0.371. The lowest BCUT2D eigenvalue weighted by atomic mass is 10.2. The Balaban J connectivity index is 2.24. The fourth-order valence-electron chi connectivity index (χ4n) is 1.39.